The molecular weight excluding hydrogens is 359 g/mol. The van der Waals surface area contributed by atoms with Gasteiger partial charge in [0.1, 0.15) is 0 Å². The third-order valence-electron chi connectivity index (χ3n) is 4.99. The summed E-state index contributed by atoms with van der Waals surface area (Å²) in [4.78, 5) is 0. The summed E-state index contributed by atoms with van der Waals surface area (Å²) in [5, 5.41) is 0. The van der Waals surface area contributed by atoms with Gasteiger partial charge in [-0.2, -0.15) is 4.39 Å². The summed E-state index contributed by atoms with van der Waals surface area (Å²) >= 11 is 0. The Labute approximate surface area is 148 Å². The molecule has 1 aromatic rings. The highest BCUT2D eigenvalue weighted by Crippen LogP contribution is 2.41. The third kappa shape index (κ3) is 4.46. The molecule has 1 saturated heterocycles. The van der Waals surface area contributed by atoms with Gasteiger partial charge in [-0.25, -0.2) is 4.39 Å². The van der Waals surface area contributed by atoms with Crippen LogP contribution in [0, 0.1) is 23.5 Å². The fraction of sp³-hybridized carbons (Fsp3) is 0.667. The molecule has 1 aromatic carbocycles. The van der Waals surface area contributed by atoms with Gasteiger partial charge in [0, 0.05) is 11.8 Å². The molecule has 0 amide bonds. The molecule has 0 unspecified atom stereocenters. The van der Waals surface area contributed by atoms with E-state index in [1.165, 1.54) is 6.07 Å². The van der Waals surface area contributed by atoms with Crippen molar-refractivity contribution in [1.82, 2.24) is 0 Å². The number of hydrogen-bond donors (Lipinski definition) is 0. The summed E-state index contributed by atoms with van der Waals surface area (Å²) in [6, 6.07) is 2.02. The molecule has 1 heterocycles. The van der Waals surface area contributed by atoms with Crippen LogP contribution in [0.15, 0.2) is 12.1 Å². The average Bonchev–Trinajstić information content (AvgIpc) is 2.59. The molecule has 0 radical (unpaired) electrons. The molecule has 2 aliphatic rings. The van der Waals surface area contributed by atoms with Crippen LogP contribution in [0.3, 0.4) is 0 Å². The van der Waals surface area contributed by atoms with E-state index in [0.29, 0.717) is 32.0 Å². The molecule has 1 aliphatic carbocycles. The Balaban J connectivity index is 1.63. The van der Waals surface area contributed by atoms with Crippen LogP contribution in [0.25, 0.3) is 0 Å². The summed E-state index contributed by atoms with van der Waals surface area (Å²) in [5.74, 6) is -3.71. The number of benzene rings is 1. The van der Waals surface area contributed by atoms with Gasteiger partial charge < -0.3 is 14.2 Å². The van der Waals surface area contributed by atoms with Gasteiger partial charge in [0.05, 0.1) is 13.2 Å². The van der Waals surface area contributed by atoms with Gasteiger partial charge in [-0.1, -0.05) is 13.0 Å². The zero-order valence-electron chi connectivity index (χ0n) is 14.3. The molecule has 0 N–H and O–H groups in total. The Morgan fingerprint density at radius 1 is 0.962 bits per heavy atom. The number of alkyl halides is 3. The van der Waals surface area contributed by atoms with Crippen LogP contribution < -0.4 is 4.74 Å². The van der Waals surface area contributed by atoms with E-state index in [-0.39, 0.29) is 23.7 Å². The van der Waals surface area contributed by atoms with Crippen LogP contribution >= 0.6 is 0 Å². The number of hydrogen-bond acceptors (Lipinski definition) is 3. The van der Waals surface area contributed by atoms with E-state index < -0.39 is 23.7 Å². The largest absolute Gasteiger partial charge is 0.573 e. The first kappa shape index (κ1) is 19.4. The fourth-order valence-corrected chi connectivity index (χ4v) is 3.65. The molecule has 1 saturated carbocycles. The molecule has 0 aromatic heterocycles. The van der Waals surface area contributed by atoms with Crippen molar-refractivity contribution in [2.75, 3.05) is 13.2 Å². The zero-order valence-corrected chi connectivity index (χ0v) is 14.3. The average molecular weight is 380 g/mol. The Kier molecular flexibility index (Phi) is 5.72. The van der Waals surface area contributed by atoms with Crippen LogP contribution in [0.4, 0.5) is 22.0 Å². The molecule has 3 nitrogen and oxygen atoms in total. The monoisotopic (exact) mass is 380 g/mol. The van der Waals surface area contributed by atoms with Crippen molar-refractivity contribution in [1.29, 1.82) is 0 Å². The van der Waals surface area contributed by atoms with Gasteiger partial charge in [0.25, 0.3) is 0 Å². The lowest BCUT2D eigenvalue weighted by molar-refractivity contribution is -0.275. The first-order valence-corrected chi connectivity index (χ1v) is 8.71. The number of halogens is 5. The van der Waals surface area contributed by atoms with E-state index in [4.69, 9.17) is 9.47 Å². The smallest absolute Gasteiger partial charge is 0.403 e. The van der Waals surface area contributed by atoms with Crippen molar-refractivity contribution in [3.05, 3.63) is 29.3 Å². The van der Waals surface area contributed by atoms with Crippen LogP contribution in [-0.2, 0) is 9.47 Å². The minimum atomic E-state index is -5.07. The summed E-state index contributed by atoms with van der Waals surface area (Å²) in [6.45, 7) is 3.33. The third-order valence-corrected chi connectivity index (χ3v) is 4.99. The first-order chi connectivity index (χ1) is 12.2. The normalized spacial score (nSPS) is 30.2. The maximum atomic E-state index is 14.2. The van der Waals surface area contributed by atoms with Crippen molar-refractivity contribution >= 4 is 0 Å². The van der Waals surface area contributed by atoms with Gasteiger partial charge in [0.2, 0.25) is 5.82 Å². The van der Waals surface area contributed by atoms with E-state index >= 15 is 0 Å². The van der Waals surface area contributed by atoms with Gasteiger partial charge in [-0.15, -0.1) is 13.2 Å². The molecule has 0 atom stereocenters. The van der Waals surface area contributed by atoms with E-state index in [0.717, 1.165) is 18.9 Å². The van der Waals surface area contributed by atoms with Crippen LogP contribution in [0.5, 0.6) is 5.75 Å². The lowest BCUT2D eigenvalue weighted by atomic mass is 9.78. The van der Waals surface area contributed by atoms with Gasteiger partial charge in [0.15, 0.2) is 17.9 Å². The highest BCUT2D eigenvalue weighted by Gasteiger charge is 2.35. The summed E-state index contributed by atoms with van der Waals surface area (Å²) in [7, 11) is 0. The Morgan fingerprint density at radius 2 is 1.58 bits per heavy atom. The fourth-order valence-electron chi connectivity index (χ4n) is 3.65. The molecule has 8 heteroatoms. The lowest BCUT2D eigenvalue weighted by Gasteiger charge is -2.37. The quantitative estimate of drug-likeness (QED) is 0.679. The maximum absolute atomic E-state index is 14.2. The Bertz CT molecular complexity index is 618. The van der Waals surface area contributed by atoms with Crippen LogP contribution in [-0.4, -0.2) is 25.9 Å². The molecule has 26 heavy (non-hydrogen) atoms. The second-order valence-electron chi connectivity index (χ2n) is 7.08. The number of rotatable bonds is 3. The van der Waals surface area contributed by atoms with E-state index in [9.17, 15) is 22.0 Å². The van der Waals surface area contributed by atoms with Crippen molar-refractivity contribution in [2.45, 2.75) is 51.2 Å². The predicted molar refractivity (Wildman–Crippen MR) is 82.6 cm³/mol. The summed E-state index contributed by atoms with van der Waals surface area (Å²) in [5.41, 5.74) is 0.0922. The SMILES string of the molecule is CC1COC(C2CCC(c3ccc(OC(F)(F)F)c(F)c3F)CC2)OC1. The van der Waals surface area contributed by atoms with Crippen LogP contribution in [0.1, 0.15) is 44.1 Å². The molecule has 0 bridgehead atoms. The van der Waals surface area contributed by atoms with Crippen molar-refractivity contribution in [3.8, 4) is 5.75 Å². The van der Waals surface area contributed by atoms with Gasteiger partial charge in [-0.05, 0) is 43.2 Å². The standard InChI is InChI=1S/C18H21F5O3/c1-10-8-24-17(25-9-10)12-4-2-11(3-5-12)13-6-7-14(16(20)15(13)19)26-18(21,22)23/h6-7,10-12,17H,2-5,8-9H2,1H3. The van der Waals surface area contributed by atoms with E-state index in [1.54, 1.807) is 0 Å². The van der Waals surface area contributed by atoms with Crippen LogP contribution in [0.2, 0.25) is 0 Å². The van der Waals surface area contributed by atoms with Crippen molar-refractivity contribution in [2.24, 2.45) is 11.8 Å². The molecule has 2 fully saturated rings. The Hall–Kier alpha value is -1.41. The van der Waals surface area contributed by atoms with Crippen molar-refractivity contribution in [3.63, 3.8) is 0 Å². The number of ether oxygens (including phenoxy) is 3. The Morgan fingerprint density at radius 3 is 2.15 bits per heavy atom. The van der Waals surface area contributed by atoms with Crippen molar-refractivity contribution < 1.29 is 36.2 Å². The van der Waals surface area contributed by atoms with Gasteiger partial charge >= 0.3 is 6.36 Å². The summed E-state index contributed by atoms with van der Waals surface area (Å²) < 4.78 is 79.7. The van der Waals surface area contributed by atoms with E-state index in [2.05, 4.69) is 4.74 Å². The lowest BCUT2D eigenvalue weighted by Crippen LogP contribution is -2.37. The zero-order chi connectivity index (χ0) is 18.9. The highest BCUT2D eigenvalue weighted by molar-refractivity contribution is 5.33. The topological polar surface area (TPSA) is 27.7 Å². The minimum absolute atomic E-state index is 0.0922. The molecule has 0 spiro atoms. The second-order valence-corrected chi connectivity index (χ2v) is 7.08. The molecule has 1 aliphatic heterocycles. The summed E-state index contributed by atoms with van der Waals surface area (Å²) in [6.07, 6.45) is -2.68. The van der Waals surface area contributed by atoms with Gasteiger partial charge in [-0.3, -0.25) is 0 Å². The maximum Gasteiger partial charge on any atom is 0.573 e. The molecule has 146 valence electrons. The predicted octanol–water partition coefficient (Wildman–Crippen LogP) is 5.15. The molecule has 3 rings (SSSR count). The second kappa shape index (κ2) is 7.68. The molecular formula is C18H21F5O3. The van der Waals surface area contributed by atoms with E-state index in [1.807, 2.05) is 6.92 Å². The minimum Gasteiger partial charge on any atom is -0.403 e. The first-order valence-electron chi connectivity index (χ1n) is 8.71. The highest BCUT2D eigenvalue weighted by atomic mass is 19.4.